The number of amides is 1. The molecule has 0 spiro atoms. The van der Waals surface area contributed by atoms with Crippen molar-refractivity contribution in [3.05, 3.63) is 101 Å². The van der Waals surface area contributed by atoms with Gasteiger partial charge in [0.05, 0.1) is 0 Å². The minimum Gasteiger partial charge on any atom is -1.00 e. The molecule has 3 N–H and O–H groups in total. The van der Waals surface area contributed by atoms with Crippen molar-refractivity contribution in [2.24, 2.45) is 0 Å². The first-order chi connectivity index (χ1) is 12.7. The van der Waals surface area contributed by atoms with Crippen molar-refractivity contribution >= 4 is 11.8 Å². The van der Waals surface area contributed by atoms with E-state index >= 15 is 0 Å². The average molecular weight is 431 g/mol. The normalized spacial score (nSPS) is 9.96. The Morgan fingerprint density at radius 1 is 0.852 bits per heavy atom. The largest absolute Gasteiger partial charge is 1.00 e. The van der Waals surface area contributed by atoms with Crippen molar-refractivity contribution in [2.45, 2.75) is 13.0 Å². The molecular weight excluding hydrogens is 411 g/mol. The molecule has 0 radical (unpaired) electrons. The highest BCUT2D eigenvalue weighted by Gasteiger charge is 2.06. The molecule has 0 bridgehead atoms. The molecule has 3 rings (SSSR count). The third-order valence-electron chi connectivity index (χ3n) is 3.87. The Bertz CT molecular complexity index is 840. The number of nitrogens with two attached hydrogens (primary N) is 1. The van der Waals surface area contributed by atoms with E-state index in [9.17, 15) is 9.18 Å². The van der Waals surface area contributed by atoms with Gasteiger partial charge < -0.3 is 17.0 Å². The summed E-state index contributed by atoms with van der Waals surface area (Å²) < 4.78 is 12.9. The van der Waals surface area contributed by atoms with Gasteiger partial charge in [0, 0.05) is 11.3 Å². The second-order valence-electron chi connectivity index (χ2n) is 5.89. The van der Waals surface area contributed by atoms with Crippen LogP contribution in [0.1, 0.15) is 16.7 Å². The lowest BCUT2D eigenvalue weighted by Crippen LogP contribution is -3.00. The van der Waals surface area contributed by atoms with Crippen molar-refractivity contribution < 1.29 is 36.5 Å². The van der Waals surface area contributed by atoms with Crippen LogP contribution in [0.4, 0.5) is 14.9 Å². The quantitative estimate of drug-likeness (QED) is 0.564. The van der Waals surface area contributed by atoms with Crippen molar-refractivity contribution in [1.29, 1.82) is 0 Å². The van der Waals surface area contributed by atoms with E-state index in [-0.39, 0.29) is 22.8 Å². The van der Waals surface area contributed by atoms with E-state index in [1.54, 1.807) is 12.1 Å². The molecule has 0 aliphatic carbocycles. The van der Waals surface area contributed by atoms with Gasteiger partial charge in [-0.3, -0.25) is 10.2 Å². The smallest absolute Gasteiger partial charge is 0.465 e. The molecule has 0 atom stereocenters. The van der Waals surface area contributed by atoms with E-state index < -0.39 is 6.09 Å². The third-order valence-corrected chi connectivity index (χ3v) is 3.87. The van der Waals surface area contributed by atoms with Crippen molar-refractivity contribution in [3.63, 3.8) is 0 Å². The summed E-state index contributed by atoms with van der Waals surface area (Å²) >= 11 is 0. The molecule has 0 aliphatic rings. The zero-order valence-corrected chi connectivity index (χ0v) is 16.2. The van der Waals surface area contributed by atoms with Gasteiger partial charge >= 0.3 is 6.09 Å². The predicted molar refractivity (Wildman–Crippen MR) is 97.8 cm³/mol. The molecule has 140 valence electrons. The molecule has 6 heteroatoms. The first-order valence-electron chi connectivity index (χ1n) is 8.36. The predicted octanol–water partition coefficient (Wildman–Crippen LogP) is 0.648. The first kappa shape index (κ1) is 20.6. The maximum absolute atomic E-state index is 12.9. The summed E-state index contributed by atoms with van der Waals surface area (Å²) in [5, 5.41) is 2.68. The molecule has 0 fully saturated rings. The molecule has 0 heterocycles. The van der Waals surface area contributed by atoms with E-state index in [1.807, 2.05) is 54.6 Å². The van der Waals surface area contributed by atoms with E-state index in [4.69, 9.17) is 4.84 Å². The topological polar surface area (TPSA) is 54.9 Å². The minimum absolute atomic E-state index is 0. The molecule has 0 aliphatic heterocycles. The number of carbonyl (C=O) groups is 1. The lowest BCUT2D eigenvalue weighted by Gasteiger charge is -2.06. The van der Waals surface area contributed by atoms with Gasteiger partial charge in [0.15, 0.2) is 0 Å². The lowest BCUT2D eigenvalue weighted by molar-refractivity contribution is -0.883. The van der Waals surface area contributed by atoms with Crippen LogP contribution in [0.3, 0.4) is 0 Å². The summed E-state index contributed by atoms with van der Waals surface area (Å²) in [6.45, 7) is 0.560. The number of hydrogen-bond donors (Lipinski definition) is 2. The molecule has 3 aromatic carbocycles. The van der Waals surface area contributed by atoms with Gasteiger partial charge in [-0.1, -0.05) is 54.6 Å². The van der Waals surface area contributed by atoms with E-state index in [0.717, 1.165) is 16.7 Å². The Labute approximate surface area is 168 Å². The molecule has 27 heavy (non-hydrogen) atoms. The molecule has 0 saturated carbocycles. The number of benzene rings is 3. The van der Waals surface area contributed by atoms with E-state index in [1.165, 1.54) is 17.6 Å². The number of quaternary nitrogens is 1. The minimum atomic E-state index is -0.521. The summed E-state index contributed by atoms with van der Waals surface area (Å²) in [6.07, 6.45) is 0.183. The van der Waals surface area contributed by atoms with Gasteiger partial charge in [-0.05, 0) is 41.8 Å². The lowest BCUT2D eigenvalue weighted by atomic mass is 10.0. The monoisotopic (exact) mass is 430 g/mol. The van der Waals surface area contributed by atoms with Crippen LogP contribution < -0.4 is 27.8 Å². The van der Waals surface area contributed by atoms with Crippen molar-refractivity contribution in [1.82, 2.24) is 0 Å². The molecule has 3 aromatic rings. The van der Waals surface area contributed by atoms with Crippen LogP contribution in [0, 0.1) is 5.82 Å². The highest BCUT2D eigenvalue weighted by molar-refractivity contribution is 5.83. The Morgan fingerprint density at radius 3 is 2.07 bits per heavy atom. The van der Waals surface area contributed by atoms with Crippen LogP contribution in [-0.4, -0.2) is 6.09 Å². The fourth-order valence-corrected chi connectivity index (χ4v) is 2.52. The van der Waals surface area contributed by atoms with Gasteiger partial charge in [-0.15, -0.1) is 5.48 Å². The fourth-order valence-electron chi connectivity index (χ4n) is 2.52. The standard InChI is InChI=1S/C21H19FN2O2.BrH/c22-19-10-6-16(7-11-19)14-17-8-12-20(13-9-17)24-21(25)26-23-15-18-4-2-1-3-5-18;/h1-13,23H,14-15H2,(H,24,25);1H. The summed E-state index contributed by atoms with van der Waals surface area (Å²) in [5.41, 5.74) is 5.32. The van der Waals surface area contributed by atoms with Crippen LogP contribution in [0.15, 0.2) is 78.9 Å². The third kappa shape index (κ3) is 6.84. The van der Waals surface area contributed by atoms with Gasteiger partial charge in [0.2, 0.25) is 0 Å². The number of carbonyl (C=O) groups excluding carboxylic acids is 1. The molecular formula is C21H20BrFN2O2. The number of hydroxylamine groups is 1. The van der Waals surface area contributed by atoms with Gasteiger partial charge in [0.25, 0.3) is 0 Å². The summed E-state index contributed by atoms with van der Waals surface area (Å²) in [6, 6.07) is 23.7. The van der Waals surface area contributed by atoms with Crippen LogP contribution in [0.25, 0.3) is 0 Å². The van der Waals surface area contributed by atoms with Crippen molar-refractivity contribution in [2.75, 3.05) is 5.32 Å². The maximum atomic E-state index is 12.9. The highest BCUT2D eigenvalue weighted by atomic mass is 79.9. The van der Waals surface area contributed by atoms with Gasteiger partial charge in [0.1, 0.15) is 12.4 Å². The number of halogens is 2. The van der Waals surface area contributed by atoms with Gasteiger partial charge in [-0.25, -0.2) is 9.18 Å². The second-order valence-corrected chi connectivity index (χ2v) is 5.89. The van der Waals surface area contributed by atoms with E-state index in [2.05, 4.69) is 5.32 Å². The van der Waals surface area contributed by atoms with Crippen molar-refractivity contribution in [3.8, 4) is 0 Å². The molecule has 0 aromatic heterocycles. The Hall–Kier alpha value is -2.70. The number of nitrogens with one attached hydrogen (secondary N) is 1. The Balaban J connectivity index is 0.00000261. The van der Waals surface area contributed by atoms with Crippen LogP contribution in [0.5, 0.6) is 0 Å². The van der Waals surface area contributed by atoms with Gasteiger partial charge in [-0.2, -0.15) is 0 Å². The van der Waals surface area contributed by atoms with Crippen LogP contribution >= 0.6 is 0 Å². The summed E-state index contributed by atoms with van der Waals surface area (Å²) in [7, 11) is 0. The van der Waals surface area contributed by atoms with Crippen LogP contribution in [0.2, 0.25) is 0 Å². The Kier molecular flexibility index (Phi) is 7.98. The fraction of sp³-hybridized carbons (Fsp3) is 0.0952. The zero-order valence-electron chi connectivity index (χ0n) is 14.6. The highest BCUT2D eigenvalue weighted by Crippen LogP contribution is 2.14. The first-order valence-corrected chi connectivity index (χ1v) is 8.36. The summed E-state index contributed by atoms with van der Waals surface area (Å²) in [4.78, 5) is 16.9. The number of anilines is 1. The average Bonchev–Trinajstić information content (AvgIpc) is 2.66. The molecule has 0 unspecified atom stereocenters. The number of hydrogen-bond acceptors (Lipinski definition) is 2. The second kappa shape index (κ2) is 10.4. The Morgan fingerprint density at radius 2 is 1.44 bits per heavy atom. The molecule has 4 nitrogen and oxygen atoms in total. The molecule has 1 amide bonds. The SMILES string of the molecule is O=C(Nc1ccc(Cc2ccc(F)cc2)cc1)O[NH2+]Cc1ccccc1.[Br-]. The van der Waals surface area contributed by atoms with Crippen LogP contribution in [-0.2, 0) is 17.8 Å². The summed E-state index contributed by atoms with van der Waals surface area (Å²) in [5.74, 6) is -0.240. The van der Waals surface area contributed by atoms with E-state index in [0.29, 0.717) is 18.7 Å². The number of rotatable bonds is 6. The zero-order chi connectivity index (χ0) is 18.2. The maximum Gasteiger partial charge on any atom is 0.465 e. The molecule has 0 saturated heterocycles.